The lowest BCUT2D eigenvalue weighted by Gasteiger charge is -2.44. The van der Waals surface area contributed by atoms with E-state index in [0.29, 0.717) is 30.5 Å². The molecule has 5 rings (SSSR count). The Kier molecular flexibility index (Phi) is 4.18. The smallest absolute Gasteiger partial charge is 0.266 e. The minimum absolute atomic E-state index is 0.0966. The van der Waals surface area contributed by atoms with Gasteiger partial charge in [0.2, 0.25) is 0 Å². The van der Waals surface area contributed by atoms with Crippen molar-refractivity contribution in [2.45, 2.75) is 75.1 Å². The van der Waals surface area contributed by atoms with Gasteiger partial charge in [-0.1, -0.05) is 0 Å². The van der Waals surface area contributed by atoms with Crippen molar-refractivity contribution in [2.75, 3.05) is 19.8 Å². The van der Waals surface area contributed by atoms with Gasteiger partial charge in [-0.05, 0) is 56.9 Å². The summed E-state index contributed by atoms with van der Waals surface area (Å²) in [5.74, 6) is 1.16. The second kappa shape index (κ2) is 6.43. The molecule has 6 nitrogen and oxygen atoms in total. The monoisotopic (exact) mass is 359 g/mol. The molecule has 26 heavy (non-hydrogen) atoms. The summed E-state index contributed by atoms with van der Waals surface area (Å²) in [4.78, 5) is 14.9. The minimum Gasteiger partial charge on any atom is -0.388 e. The highest BCUT2D eigenvalue weighted by Crippen LogP contribution is 2.42. The summed E-state index contributed by atoms with van der Waals surface area (Å²) in [7, 11) is 0. The van der Waals surface area contributed by atoms with Crippen LogP contribution in [0, 0.1) is 5.92 Å². The molecule has 1 aliphatic carbocycles. The summed E-state index contributed by atoms with van der Waals surface area (Å²) in [6, 6.07) is 4.34. The van der Waals surface area contributed by atoms with Crippen LogP contribution < -0.4 is 5.56 Å². The van der Waals surface area contributed by atoms with E-state index in [-0.39, 0.29) is 5.56 Å². The van der Waals surface area contributed by atoms with Crippen LogP contribution in [0.15, 0.2) is 16.9 Å². The molecule has 1 aromatic rings. The zero-order valence-electron chi connectivity index (χ0n) is 15.3. The molecule has 4 heterocycles. The standard InChI is InChI=1S/C20H29N3O3/c24-19-6-5-18(15-1-2-15)21-23(19)13-20(25)9-16-3-4-17(10-20)22(16)11-14-7-8-26-12-14/h5-6,14-17,25H,1-4,7-13H2. The van der Waals surface area contributed by atoms with Crippen LogP contribution in [0.3, 0.4) is 0 Å². The molecule has 3 atom stereocenters. The normalized spacial score (nSPS) is 37.3. The second-order valence-electron chi connectivity index (χ2n) is 8.97. The number of hydrogen-bond donors (Lipinski definition) is 1. The third-order valence-corrected chi connectivity index (χ3v) is 6.82. The van der Waals surface area contributed by atoms with Crippen molar-refractivity contribution < 1.29 is 9.84 Å². The molecular weight excluding hydrogens is 330 g/mol. The fourth-order valence-electron chi connectivity index (χ4n) is 5.32. The third kappa shape index (κ3) is 3.23. The third-order valence-electron chi connectivity index (χ3n) is 6.82. The van der Waals surface area contributed by atoms with E-state index in [0.717, 1.165) is 57.6 Å². The highest BCUT2D eigenvalue weighted by atomic mass is 16.5. The Balaban J connectivity index is 1.30. The molecule has 0 radical (unpaired) electrons. The molecule has 3 saturated heterocycles. The molecule has 1 N–H and O–H groups in total. The average Bonchev–Trinajstić information content (AvgIpc) is 3.28. The first-order valence-electron chi connectivity index (χ1n) is 10.2. The predicted molar refractivity (Wildman–Crippen MR) is 97.1 cm³/mol. The number of rotatable bonds is 5. The molecule has 2 bridgehead atoms. The maximum atomic E-state index is 12.3. The lowest BCUT2D eigenvalue weighted by molar-refractivity contribution is -0.0687. The number of aromatic nitrogens is 2. The lowest BCUT2D eigenvalue weighted by Crippen LogP contribution is -2.54. The number of nitrogens with zero attached hydrogens (tertiary/aromatic N) is 3. The zero-order valence-corrected chi connectivity index (χ0v) is 15.3. The van der Waals surface area contributed by atoms with Crippen LogP contribution in [0.4, 0.5) is 0 Å². The predicted octanol–water partition coefficient (Wildman–Crippen LogP) is 1.52. The lowest BCUT2D eigenvalue weighted by atomic mass is 9.85. The molecule has 4 fully saturated rings. The van der Waals surface area contributed by atoms with Gasteiger partial charge in [0.15, 0.2) is 0 Å². The van der Waals surface area contributed by atoms with Crippen LogP contribution >= 0.6 is 0 Å². The fraction of sp³-hybridized carbons (Fsp3) is 0.800. The Morgan fingerprint density at radius 2 is 1.92 bits per heavy atom. The van der Waals surface area contributed by atoms with Gasteiger partial charge in [-0.2, -0.15) is 5.10 Å². The highest BCUT2D eigenvalue weighted by molar-refractivity contribution is 5.13. The van der Waals surface area contributed by atoms with Crippen molar-refractivity contribution in [3.8, 4) is 0 Å². The van der Waals surface area contributed by atoms with Crippen molar-refractivity contribution in [2.24, 2.45) is 5.92 Å². The summed E-state index contributed by atoms with van der Waals surface area (Å²) in [5.41, 5.74) is 0.101. The first-order valence-corrected chi connectivity index (χ1v) is 10.2. The van der Waals surface area contributed by atoms with Gasteiger partial charge in [-0.25, -0.2) is 4.68 Å². The van der Waals surface area contributed by atoms with E-state index < -0.39 is 5.60 Å². The van der Waals surface area contributed by atoms with E-state index >= 15 is 0 Å². The Bertz CT molecular complexity index is 709. The van der Waals surface area contributed by atoms with Gasteiger partial charge >= 0.3 is 0 Å². The number of ether oxygens (including phenoxy) is 1. The zero-order chi connectivity index (χ0) is 17.7. The Hall–Kier alpha value is -1.24. The second-order valence-corrected chi connectivity index (χ2v) is 8.97. The van der Waals surface area contributed by atoms with Gasteiger partial charge in [0.05, 0.1) is 24.4 Å². The van der Waals surface area contributed by atoms with E-state index in [2.05, 4.69) is 10.00 Å². The summed E-state index contributed by atoms with van der Waals surface area (Å²) in [6.45, 7) is 3.21. The minimum atomic E-state index is -0.812. The van der Waals surface area contributed by atoms with E-state index in [9.17, 15) is 9.90 Å². The van der Waals surface area contributed by atoms with Crippen LogP contribution in [0.2, 0.25) is 0 Å². The maximum Gasteiger partial charge on any atom is 0.266 e. The van der Waals surface area contributed by atoms with Crippen molar-refractivity contribution in [3.63, 3.8) is 0 Å². The molecule has 3 aliphatic heterocycles. The van der Waals surface area contributed by atoms with Crippen LogP contribution in [0.25, 0.3) is 0 Å². The highest BCUT2D eigenvalue weighted by Gasteiger charge is 2.48. The quantitative estimate of drug-likeness (QED) is 0.863. The number of aliphatic hydroxyl groups is 1. The Morgan fingerprint density at radius 1 is 1.15 bits per heavy atom. The summed E-state index contributed by atoms with van der Waals surface area (Å²) < 4.78 is 7.06. The van der Waals surface area contributed by atoms with Crippen LogP contribution in [0.5, 0.6) is 0 Å². The van der Waals surface area contributed by atoms with Crippen LogP contribution in [-0.4, -0.2) is 57.2 Å². The van der Waals surface area contributed by atoms with Crippen LogP contribution in [0.1, 0.15) is 56.6 Å². The molecule has 0 aromatic carbocycles. The van der Waals surface area contributed by atoms with E-state index in [1.807, 2.05) is 6.07 Å². The molecule has 4 aliphatic rings. The number of fused-ring (bicyclic) bond motifs is 2. The largest absolute Gasteiger partial charge is 0.388 e. The summed E-state index contributed by atoms with van der Waals surface area (Å²) in [6.07, 6.45) is 7.31. The first-order chi connectivity index (χ1) is 12.6. The Labute approximate surface area is 154 Å². The Morgan fingerprint density at radius 3 is 2.58 bits per heavy atom. The summed E-state index contributed by atoms with van der Waals surface area (Å²) >= 11 is 0. The molecule has 142 valence electrons. The van der Waals surface area contributed by atoms with Gasteiger partial charge < -0.3 is 9.84 Å². The topological polar surface area (TPSA) is 67.6 Å². The molecule has 1 aromatic heterocycles. The van der Waals surface area contributed by atoms with Gasteiger partial charge in [-0.15, -0.1) is 0 Å². The summed E-state index contributed by atoms with van der Waals surface area (Å²) in [5, 5.41) is 15.9. The molecule has 6 heteroatoms. The average molecular weight is 359 g/mol. The van der Waals surface area contributed by atoms with Gasteiger partial charge in [0.25, 0.3) is 5.56 Å². The van der Waals surface area contributed by atoms with Crippen molar-refractivity contribution in [3.05, 3.63) is 28.2 Å². The SMILES string of the molecule is O=c1ccc(C2CC2)nn1CC1(O)CC2CCC(C1)N2CC1CCOC1. The molecule has 3 unspecified atom stereocenters. The number of piperidine rings is 1. The van der Waals surface area contributed by atoms with Crippen molar-refractivity contribution in [1.82, 2.24) is 14.7 Å². The van der Waals surface area contributed by atoms with Crippen LogP contribution in [-0.2, 0) is 11.3 Å². The fourth-order valence-corrected chi connectivity index (χ4v) is 5.32. The molecule has 0 spiro atoms. The van der Waals surface area contributed by atoms with E-state index in [1.165, 1.54) is 17.5 Å². The van der Waals surface area contributed by atoms with Crippen molar-refractivity contribution >= 4 is 0 Å². The van der Waals surface area contributed by atoms with Gasteiger partial charge in [0, 0.05) is 37.2 Å². The van der Waals surface area contributed by atoms with E-state index in [1.54, 1.807) is 6.07 Å². The van der Waals surface area contributed by atoms with E-state index in [4.69, 9.17) is 4.74 Å². The maximum absolute atomic E-state index is 12.3. The first kappa shape index (κ1) is 16.9. The molecular formula is C20H29N3O3. The van der Waals surface area contributed by atoms with Crippen molar-refractivity contribution in [1.29, 1.82) is 0 Å². The number of hydrogen-bond acceptors (Lipinski definition) is 5. The van der Waals surface area contributed by atoms with Gasteiger partial charge in [0.1, 0.15) is 0 Å². The molecule has 0 amide bonds. The molecule has 1 saturated carbocycles. The van der Waals surface area contributed by atoms with Gasteiger partial charge in [-0.3, -0.25) is 9.69 Å².